The van der Waals surface area contributed by atoms with E-state index in [2.05, 4.69) is 10.2 Å². The van der Waals surface area contributed by atoms with Crippen molar-refractivity contribution in [2.24, 2.45) is 11.8 Å². The zero-order chi connectivity index (χ0) is 22.5. The Kier molecular flexibility index (Phi) is 4.29. The molecule has 1 spiro atoms. The van der Waals surface area contributed by atoms with Crippen molar-refractivity contribution in [2.45, 2.75) is 31.3 Å². The van der Waals surface area contributed by atoms with Gasteiger partial charge in [0.25, 0.3) is 0 Å². The summed E-state index contributed by atoms with van der Waals surface area (Å²) in [4.78, 5) is 44.5. The van der Waals surface area contributed by atoms with Gasteiger partial charge >= 0.3 is 0 Å². The van der Waals surface area contributed by atoms with Gasteiger partial charge in [0.1, 0.15) is 5.54 Å². The number of anilines is 2. The van der Waals surface area contributed by atoms with Gasteiger partial charge in [0.2, 0.25) is 17.7 Å². The molecule has 4 aliphatic rings. The van der Waals surface area contributed by atoms with E-state index in [-0.39, 0.29) is 33.6 Å². The van der Waals surface area contributed by atoms with Crippen LogP contribution in [0.5, 0.6) is 0 Å². The second kappa shape index (κ2) is 6.70. The molecular weight excluding hydrogens is 473 g/mol. The Morgan fingerprint density at radius 2 is 1.88 bits per heavy atom. The number of benzene rings is 2. The molecule has 0 bridgehead atoms. The van der Waals surface area contributed by atoms with Crippen LogP contribution in [-0.2, 0) is 19.9 Å². The molecule has 0 unspecified atom stereocenters. The van der Waals surface area contributed by atoms with Crippen molar-refractivity contribution in [3.63, 3.8) is 0 Å². The van der Waals surface area contributed by atoms with Crippen LogP contribution in [0.15, 0.2) is 30.3 Å². The van der Waals surface area contributed by atoms with E-state index in [1.54, 1.807) is 30.3 Å². The molecule has 0 aliphatic carbocycles. The lowest BCUT2D eigenvalue weighted by Crippen LogP contribution is -2.54. The Labute approximate surface area is 199 Å². The minimum atomic E-state index is -1.27. The fourth-order valence-corrected chi connectivity index (χ4v) is 6.99. The number of carbonyl (C=O) groups is 3. The number of imide groups is 1. The third kappa shape index (κ3) is 2.29. The highest BCUT2D eigenvalue weighted by atomic mass is 35.5. The van der Waals surface area contributed by atoms with Gasteiger partial charge in [0.15, 0.2) is 0 Å². The highest BCUT2D eigenvalue weighted by Crippen LogP contribution is 2.61. The second-order valence-corrected chi connectivity index (χ2v) is 10.1. The van der Waals surface area contributed by atoms with Gasteiger partial charge in [0.05, 0.1) is 27.6 Å². The van der Waals surface area contributed by atoms with Crippen LogP contribution in [0, 0.1) is 18.8 Å². The summed E-state index contributed by atoms with van der Waals surface area (Å²) in [6, 6.07) is 8.19. The van der Waals surface area contributed by atoms with Gasteiger partial charge in [-0.3, -0.25) is 19.3 Å². The number of rotatable bonds is 1. The zero-order valence-electron chi connectivity index (χ0n) is 17.0. The summed E-state index contributed by atoms with van der Waals surface area (Å²) in [5.74, 6) is -2.56. The summed E-state index contributed by atoms with van der Waals surface area (Å²) in [6.45, 7) is 2.51. The van der Waals surface area contributed by atoms with E-state index in [0.717, 1.165) is 23.3 Å². The van der Waals surface area contributed by atoms with E-state index in [1.807, 2.05) is 6.92 Å². The molecule has 32 heavy (non-hydrogen) atoms. The number of hydrogen-bond acceptors (Lipinski definition) is 4. The second-order valence-electron chi connectivity index (χ2n) is 8.86. The molecule has 4 atom stereocenters. The average Bonchev–Trinajstić information content (AvgIpc) is 3.44. The largest absolute Gasteiger partial charge is 0.324 e. The number of nitrogens with one attached hydrogen (secondary N) is 1. The number of amides is 3. The maximum Gasteiger partial charge on any atom is 0.250 e. The number of halogens is 3. The van der Waals surface area contributed by atoms with Crippen molar-refractivity contribution in [1.29, 1.82) is 0 Å². The molecular formula is C23H18Cl3N3O3. The van der Waals surface area contributed by atoms with Crippen LogP contribution in [0.4, 0.5) is 11.4 Å². The predicted molar refractivity (Wildman–Crippen MR) is 122 cm³/mol. The van der Waals surface area contributed by atoms with Gasteiger partial charge in [-0.05, 0) is 56.1 Å². The molecule has 2 aromatic carbocycles. The predicted octanol–water partition coefficient (Wildman–Crippen LogP) is 4.39. The summed E-state index contributed by atoms with van der Waals surface area (Å²) in [7, 11) is 0. The lowest BCUT2D eigenvalue weighted by molar-refractivity contribution is -0.135. The number of fused-ring (bicyclic) bond motifs is 7. The quantitative estimate of drug-likeness (QED) is 0.602. The SMILES string of the molecule is Cc1cc(Cl)cc2c1NC(=O)[C@@]21[C@@H]2C(=O)N(c3cccc(Cl)c3Cl)C(=O)[C@@H]2[C@@H]2CCCN21. The van der Waals surface area contributed by atoms with Crippen molar-refractivity contribution in [3.8, 4) is 0 Å². The Balaban J connectivity index is 1.59. The van der Waals surface area contributed by atoms with Crippen LogP contribution in [-0.4, -0.2) is 35.2 Å². The molecule has 3 saturated heterocycles. The van der Waals surface area contributed by atoms with E-state index in [4.69, 9.17) is 34.8 Å². The van der Waals surface area contributed by atoms with Gasteiger partial charge in [-0.2, -0.15) is 0 Å². The van der Waals surface area contributed by atoms with Gasteiger partial charge in [0, 0.05) is 22.3 Å². The van der Waals surface area contributed by atoms with Crippen molar-refractivity contribution >= 4 is 63.9 Å². The summed E-state index contributed by atoms with van der Waals surface area (Å²) in [6.07, 6.45) is 1.58. The van der Waals surface area contributed by atoms with Gasteiger partial charge in [-0.15, -0.1) is 0 Å². The summed E-state index contributed by atoms with van der Waals surface area (Å²) in [5, 5.41) is 3.88. The lowest BCUT2D eigenvalue weighted by atomic mass is 9.75. The molecule has 4 heterocycles. The Morgan fingerprint density at radius 3 is 2.66 bits per heavy atom. The molecule has 6 rings (SSSR count). The number of carbonyl (C=O) groups excluding carboxylic acids is 3. The number of aryl methyl sites for hydroxylation is 1. The molecule has 6 nitrogen and oxygen atoms in total. The topological polar surface area (TPSA) is 69.7 Å². The van der Waals surface area contributed by atoms with E-state index >= 15 is 0 Å². The minimum absolute atomic E-state index is 0.142. The molecule has 0 aromatic heterocycles. The minimum Gasteiger partial charge on any atom is -0.324 e. The Morgan fingerprint density at radius 1 is 1.09 bits per heavy atom. The smallest absolute Gasteiger partial charge is 0.250 e. The van der Waals surface area contributed by atoms with E-state index in [0.29, 0.717) is 22.8 Å². The highest BCUT2D eigenvalue weighted by Gasteiger charge is 2.74. The van der Waals surface area contributed by atoms with E-state index < -0.39 is 23.3 Å². The van der Waals surface area contributed by atoms with Crippen molar-refractivity contribution < 1.29 is 14.4 Å². The third-order valence-corrected chi connectivity index (χ3v) is 8.46. The molecule has 0 radical (unpaired) electrons. The van der Waals surface area contributed by atoms with Crippen molar-refractivity contribution in [2.75, 3.05) is 16.8 Å². The standard InChI is InChI=1S/C23H18Cl3N3O3/c1-10-8-11(24)9-12-19(10)27-22(32)23(12)17-16(14-6-3-7-28(14)23)20(30)29(21(17)31)15-5-2-4-13(25)18(15)26/h2,4-5,8-9,14,16-17H,3,6-7H2,1H3,(H,27,32)/t14-,16+,17-,23-/m0/s1. The maximum absolute atomic E-state index is 13.9. The van der Waals surface area contributed by atoms with Crippen LogP contribution < -0.4 is 10.2 Å². The van der Waals surface area contributed by atoms with Gasteiger partial charge in [-0.1, -0.05) is 40.9 Å². The number of nitrogens with zero attached hydrogens (tertiary/aromatic N) is 2. The highest BCUT2D eigenvalue weighted by molar-refractivity contribution is 6.45. The molecule has 164 valence electrons. The summed E-state index contributed by atoms with van der Waals surface area (Å²) < 4.78 is 0. The Bertz CT molecular complexity index is 1250. The van der Waals surface area contributed by atoms with Crippen LogP contribution in [0.2, 0.25) is 15.1 Å². The molecule has 4 aliphatic heterocycles. The van der Waals surface area contributed by atoms with E-state index in [1.165, 1.54) is 0 Å². The first-order valence-electron chi connectivity index (χ1n) is 10.5. The molecule has 3 amide bonds. The first-order chi connectivity index (χ1) is 15.3. The van der Waals surface area contributed by atoms with Crippen LogP contribution in [0.3, 0.4) is 0 Å². The fourth-order valence-electron chi connectivity index (χ4n) is 6.34. The molecule has 1 N–H and O–H groups in total. The van der Waals surface area contributed by atoms with E-state index in [9.17, 15) is 14.4 Å². The van der Waals surface area contributed by atoms with Crippen LogP contribution in [0.1, 0.15) is 24.0 Å². The normalized spacial score (nSPS) is 30.8. The average molecular weight is 491 g/mol. The summed E-state index contributed by atoms with van der Waals surface area (Å²) in [5.41, 5.74) is 1.15. The monoisotopic (exact) mass is 489 g/mol. The molecule has 0 saturated carbocycles. The van der Waals surface area contributed by atoms with Crippen LogP contribution >= 0.6 is 34.8 Å². The third-order valence-electron chi connectivity index (χ3n) is 7.44. The maximum atomic E-state index is 13.9. The first kappa shape index (κ1) is 20.5. The first-order valence-corrected chi connectivity index (χ1v) is 11.6. The fraction of sp³-hybridized carbons (Fsp3) is 0.348. The van der Waals surface area contributed by atoms with Crippen molar-refractivity contribution in [1.82, 2.24) is 4.90 Å². The van der Waals surface area contributed by atoms with Crippen LogP contribution in [0.25, 0.3) is 0 Å². The molecule has 2 aromatic rings. The van der Waals surface area contributed by atoms with Crippen molar-refractivity contribution in [3.05, 3.63) is 56.5 Å². The van der Waals surface area contributed by atoms with Gasteiger partial charge in [-0.25, -0.2) is 4.90 Å². The summed E-state index contributed by atoms with van der Waals surface area (Å²) >= 11 is 19.0. The molecule has 3 fully saturated rings. The number of hydrogen-bond donors (Lipinski definition) is 1. The van der Waals surface area contributed by atoms with Gasteiger partial charge < -0.3 is 5.32 Å². The Hall–Kier alpha value is -2.12. The molecule has 9 heteroatoms. The lowest BCUT2D eigenvalue weighted by Gasteiger charge is -2.36. The zero-order valence-corrected chi connectivity index (χ0v) is 19.3.